The number of hydrazone groups is 1. The first-order chi connectivity index (χ1) is 10.4. The Morgan fingerprint density at radius 2 is 1.36 bits per heavy atom. The smallest absolute Gasteiger partial charge is 0.267 e. The second-order valence-corrected chi connectivity index (χ2v) is 6.02. The molecule has 3 nitrogen and oxygen atoms in total. The van der Waals surface area contributed by atoms with Gasteiger partial charge >= 0.3 is 0 Å². The first kappa shape index (κ1) is 17.1. The lowest BCUT2D eigenvalue weighted by molar-refractivity contribution is 0.0955. The number of nitrogens with one attached hydrogen (secondary N) is 1. The molecule has 2 aromatic rings. The first-order valence-corrected chi connectivity index (χ1v) is 7.65. The molecule has 0 unspecified atom stereocenters. The minimum Gasteiger partial charge on any atom is -0.267 e. The van der Waals surface area contributed by atoms with E-state index in [1.807, 2.05) is 0 Å². The van der Waals surface area contributed by atoms with Gasteiger partial charge in [-0.05, 0) is 42.8 Å². The molecule has 2 aromatic carbocycles. The molecule has 0 radical (unpaired) electrons. The number of halogens is 4. The van der Waals surface area contributed by atoms with Crippen LogP contribution in [0.3, 0.4) is 0 Å². The molecule has 2 rings (SSSR count). The van der Waals surface area contributed by atoms with E-state index in [9.17, 15) is 4.79 Å². The molecule has 1 amide bonds. The summed E-state index contributed by atoms with van der Waals surface area (Å²) in [7, 11) is 0. The number of nitrogens with zero attached hydrogens (tertiary/aromatic N) is 1. The molecule has 0 fully saturated rings. The van der Waals surface area contributed by atoms with E-state index in [2.05, 4.69) is 10.5 Å². The number of amides is 1. The molecule has 0 spiro atoms. The fourth-order valence-corrected chi connectivity index (χ4v) is 2.22. The molecule has 7 heteroatoms. The largest absolute Gasteiger partial charge is 0.271 e. The summed E-state index contributed by atoms with van der Waals surface area (Å²) in [5.41, 5.74) is 4.15. The van der Waals surface area contributed by atoms with Gasteiger partial charge in [-0.25, -0.2) is 5.43 Å². The SMILES string of the molecule is CC(=NNC(=O)c1ccc(Cl)c(Cl)c1)c1ccc(Cl)c(Cl)c1. The number of rotatable bonds is 3. The predicted molar refractivity (Wildman–Crippen MR) is 92.6 cm³/mol. The van der Waals surface area contributed by atoms with Gasteiger partial charge < -0.3 is 0 Å². The Morgan fingerprint density at radius 3 is 1.91 bits per heavy atom. The highest BCUT2D eigenvalue weighted by Gasteiger charge is 2.08. The fourth-order valence-electron chi connectivity index (χ4n) is 1.62. The van der Waals surface area contributed by atoms with Gasteiger partial charge in [-0.2, -0.15) is 5.10 Å². The standard InChI is InChI=1S/C15H10Cl4N2O/c1-8(9-2-4-11(16)13(18)6-9)20-21-15(22)10-3-5-12(17)14(19)7-10/h2-7H,1H3,(H,21,22). The Kier molecular flexibility index (Phi) is 5.70. The van der Waals surface area contributed by atoms with E-state index in [4.69, 9.17) is 46.4 Å². The molecule has 0 atom stereocenters. The second kappa shape index (κ2) is 7.34. The second-order valence-electron chi connectivity index (χ2n) is 4.40. The summed E-state index contributed by atoms with van der Waals surface area (Å²) in [5, 5.41) is 5.60. The van der Waals surface area contributed by atoms with Crippen LogP contribution in [0.4, 0.5) is 0 Å². The van der Waals surface area contributed by atoms with Crippen LogP contribution in [0.1, 0.15) is 22.8 Å². The molecule has 0 heterocycles. The maximum Gasteiger partial charge on any atom is 0.271 e. The van der Waals surface area contributed by atoms with E-state index >= 15 is 0 Å². The number of hydrogen-bond donors (Lipinski definition) is 1. The monoisotopic (exact) mass is 374 g/mol. The summed E-state index contributed by atoms with van der Waals surface area (Å²) >= 11 is 23.5. The Hall–Kier alpha value is -1.26. The number of hydrogen-bond acceptors (Lipinski definition) is 2. The quantitative estimate of drug-likeness (QED) is 0.562. The molecular weight excluding hydrogens is 366 g/mol. The summed E-state index contributed by atoms with van der Waals surface area (Å²) in [5.74, 6) is -0.391. The molecule has 0 bridgehead atoms. The molecule has 0 aromatic heterocycles. The van der Waals surface area contributed by atoms with Crippen molar-refractivity contribution in [3.05, 3.63) is 67.6 Å². The number of carbonyl (C=O) groups excluding carboxylic acids is 1. The van der Waals surface area contributed by atoms with Crippen molar-refractivity contribution in [3.8, 4) is 0 Å². The zero-order chi connectivity index (χ0) is 16.3. The molecule has 0 aliphatic rings. The summed E-state index contributed by atoms with van der Waals surface area (Å²) < 4.78 is 0. The van der Waals surface area contributed by atoms with Gasteiger partial charge in [-0.1, -0.05) is 52.5 Å². The van der Waals surface area contributed by atoms with E-state index in [1.165, 1.54) is 6.07 Å². The first-order valence-electron chi connectivity index (χ1n) is 6.13. The number of benzene rings is 2. The van der Waals surface area contributed by atoms with Gasteiger partial charge in [0.1, 0.15) is 0 Å². The Labute approximate surface area is 147 Å². The van der Waals surface area contributed by atoms with Crippen LogP contribution in [0.2, 0.25) is 20.1 Å². The van der Waals surface area contributed by atoms with Crippen molar-refractivity contribution in [2.45, 2.75) is 6.92 Å². The lowest BCUT2D eigenvalue weighted by atomic mass is 10.1. The molecule has 0 saturated carbocycles. The normalized spacial score (nSPS) is 11.4. The van der Waals surface area contributed by atoms with Gasteiger partial charge in [-0.15, -0.1) is 0 Å². The van der Waals surface area contributed by atoms with Crippen LogP contribution < -0.4 is 5.43 Å². The molecule has 0 aliphatic heterocycles. The van der Waals surface area contributed by atoms with Crippen LogP contribution in [-0.4, -0.2) is 11.6 Å². The van der Waals surface area contributed by atoms with Gasteiger partial charge in [-0.3, -0.25) is 4.79 Å². The van der Waals surface area contributed by atoms with E-state index < -0.39 is 5.91 Å². The summed E-state index contributed by atoms with van der Waals surface area (Å²) in [6.07, 6.45) is 0. The highest BCUT2D eigenvalue weighted by Crippen LogP contribution is 2.23. The summed E-state index contributed by atoms with van der Waals surface area (Å²) in [6.45, 7) is 1.74. The maximum absolute atomic E-state index is 12.0. The highest BCUT2D eigenvalue weighted by atomic mass is 35.5. The van der Waals surface area contributed by atoms with Crippen LogP contribution in [-0.2, 0) is 0 Å². The van der Waals surface area contributed by atoms with Crippen molar-refractivity contribution < 1.29 is 4.79 Å². The van der Waals surface area contributed by atoms with Crippen LogP contribution in [0, 0.1) is 0 Å². The lowest BCUT2D eigenvalue weighted by Gasteiger charge is -2.05. The topological polar surface area (TPSA) is 41.5 Å². The summed E-state index contributed by atoms with van der Waals surface area (Å²) in [6, 6.07) is 9.69. The Balaban J connectivity index is 2.14. The van der Waals surface area contributed by atoms with Gasteiger partial charge in [0, 0.05) is 5.56 Å². The van der Waals surface area contributed by atoms with E-state index in [0.29, 0.717) is 31.4 Å². The lowest BCUT2D eigenvalue weighted by Crippen LogP contribution is -2.19. The van der Waals surface area contributed by atoms with Crippen molar-refractivity contribution in [2.75, 3.05) is 0 Å². The van der Waals surface area contributed by atoms with E-state index in [1.54, 1.807) is 37.3 Å². The van der Waals surface area contributed by atoms with Crippen LogP contribution >= 0.6 is 46.4 Å². The summed E-state index contributed by atoms with van der Waals surface area (Å²) in [4.78, 5) is 12.0. The molecule has 0 aliphatic carbocycles. The van der Waals surface area contributed by atoms with Crippen molar-refractivity contribution in [1.82, 2.24) is 5.43 Å². The third-order valence-electron chi connectivity index (χ3n) is 2.84. The molecule has 0 saturated heterocycles. The molecule has 114 valence electrons. The molecule has 1 N–H and O–H groups in total. The zero-order valence-corrected chi connectivity index (χ0v) is 14.4. The highest BCUT2D eigenvalue weighted by molar-refractivity contribution is 6.42. The van der Waals surface area contributed by atoms with E-state index in [-0.39, 0.29) is 0 Å². The minimum absolute atomic E-state index is 0.305. The predicted octanol–water partition coefficient (Wildman–Crippen LogP) is 5.45. The zero-order valence-electron chi connectivity index (χ0n) is 11.3. The van der Waals surface area contributed by atoms with Crippen molar-refractivity contribution >= 4 is 58.0 Å². The van der Waals surface area contributed by atoms with Gasteiger partial charge in [0.05, 0.1) is 25.8 Å². The molecular formula is C15H10Cl4N2O. The maximum atomic E-state index is 12.0. The van der Waals surface area contributed by atoms with Crippen molar-refractivity contribution in [3.63, 3.8) is 0 Å². The van der Waals surface area contributed by atoms with Gasteiger partial charge in [0.2, 0.25) is 0 Å². The average molecular weight is 376 g/mol. The third-order valence-corrected chi connectivity index (χ3v) is 4.32. The van der Waals surface area contributed by atoms with Crippen LogP contribution in [0.15, 0.2) is 41.5 Å². The number of carbonyl (C=O) groups is 1. The fraction of sp³-hybridized carbons (Fsp3) is 0.0667. The third kappa shape index (κ3) is 4.14. The van der Waals surface area contributed by atoms with Gasteiger partial charge in [0.25, 0.3) is 5.91 Å². The van der Waals surface area contributed by atoms with Gasteiger partial charge in [0.15, 0.2) is 0 Å². The van der Waals surface area contributed by atoms with Crippen LogP contribution in [0.25, 0.3) is 0 Å². The average Bonchev–Trinajstić information content (AvgIpc) is 2.50. The van der Waals surface area contributed by atoms with Crippen molar-refractivity contribution in [1.29, 1.82) is 0 Å². The minimum atomic E-state index is -0.391. The Bertz CT molecular complexity index is 759. The Morgan fingerprint density at radius 1 is 0.864 bits per heavy atom. The van der Waals surface area contributed by atoms with Crippen LogP contribution in [0.5, 0.6) is 0 Å². The van der Waals surface area contributed by atoms with E-state index in [0.717, 1.165) is 5.56 Å². The molecule has 22 heavy (non-hydrogen) atoms. The van der Waals surface area contributed by atoms with Crippen molar-refractivity contribution in [2.24, 2.45) is 5.10 Å².